The van der Waals surface area contributed by atoms with E-state index in [1.807, 2.05) is 6.07 Å². The Morgan fingerprint density at radius 1 is 1.04 bits per heavy atom. The summed E-state index contributed by atoms with van der Waals surface area (Å²) in [4.78, 5) is 8.64. The molecule has 0 radical (unpaired) electrons. The van der Waals surface area contributed by atoms with E-state index in [2.05, 4.69) is 21.8 Å². The molecule has 3 heterocycles. The van der Waals surface area contributed by atoms with Crippen LogP contribution in [0.5, 0.6) is 0 Å². The lowest BCUT2D eigenvalue weighted by Gasteiger charge is -2.40. The van der Waals surface area contributed by atoms with Gasteiger partial charge in [0.05, 0.1) is 11.1 Å². The van der Waals surface area contributed by atoms with Gasteiger partial charge in [0.25, 0.3) is 0 Å². The van der Waals surface area contributed by atoms with Crippen LogP contribution in [0.25, 0.3) is 10.9 Å². The lowest BCUT2D eigenvalue weighted by atomic mass is 9.77. The normalized spacial score (nSPS) is 21.4. The van der Waals surface area contributed by atoms with Gasteiger partial charge in [0.15, 0.2) is 0 Å². The van der Waals surface area contributed by atoms with E-state index >= 15 is 0 Å². The summed E-state index contributed by atoms with van der Waals surface area (Å²) in [5.41, 5.74) is 0.661. The quantitative estimate of drug-likeness (QED) is 0.770. The van der Waals surface area contributed by atoms with Crippen LogP contribution in [0.3, 0.4) is 0 Å². The zero-order valence-corrected chi connectivity index (χ0v) is 14.3. The summed E-state index contributed by atoms with van der Waals surface area (Å²) in [6.45, 7) is 4.07. The van der Waals surface area contributed by atoms with Gasteiger partial charge in [-0.05, 0) is 50.4 Å². The maximum absolute atomic E-state index is 13.3. The standard InChI is InChI=1S/C19H22F3N3/c1-24-10-6-18(13-24)7-11-25(12-8-18)16-5-9-23-17-14(16)3-2-4-15(17)19(20,21)22/h2-5,9H,6-8,10-13H2,1H3. The largest absolute Gasteiger partial charge is 0.418 e. The molecule has 0 bridgehead atoms. The third kappa shape index (κ3) is 2.97. The lowest BCUT2D eigenvalue weighted by Crippen LogP contribution is -2.41. The molecule has 0 saturated carbocycles. The topological polar surface area (TPSA) is 19.4 Å². The molecular weight excluding hydrogens is 327 g/mol. The van der Waals surface area contributed by atoms with Crippen molar-refractivity contribution < 1.29 is 13.2 Å². The zero-order chi connectivity index (χ0) is 17.7. The molecule has 4 rings (SSSR count). The first-order valence-electron chi connectivity index (χ1n) is 8.76. The number of likely N-dealkylation sites (tertiary alicyclic amines) is 1. The van der Waals surface area contributed by atoms with Crippen molar-refractivity contribution in [3.8, 4) is 0 Å². The molecule has 3 nitrogen and oxygen atoms in total. The van der Waals surface area contributed by atoms with Gasteiger partial charge in [-0.1, -0.05) is 12.1 Å². The number of anilines is 1. The number of piperidine rings is 1. The van der Waals surface area contributed by atoms with E-state index in [9.17, 15) is 13.2 Å². The molecule has 1 aromatic carbocycles. The van der Waals surface area contributed by atoms with Crippen molar-refractivity contribution in [2.75, 3.05) is 38.1 Å². The van der Waals surface area contributed by atoms with E-state index < -0.39 is 11.7 Å². The number of aromatic nitrogens is 1. The Kier molecular flexibility index (Phi) is 3.90. The maximum atomic E-state index is 13.3. The number of hydrogen-bond donors (Lipinski definition) is 0. The monoisotopic (exact) mass is 349 g/mol. The molecule has 0 amide bonds. The second-order valence-corrected chi connectivity index (χ2v) is 7.50. The number of halogens is 3. The van der Waals surface area contributed by atoms with Gasteiger partial charge < -0.3 is 9.80 Å². The molecule has 2 saturated heterocycles. The summed E-state index contributed by atoms with van der Waals surface area (Å²) >= 11 is 0. The molecule has 6 heteroatoms. The predicted octanol–water partition coefficient (Wildman–Crippen LogP) is 4.18. The Bertz CT molecular complexity index is 779. The minimum absolute atomic E-state index is 0.0494. The molecule has 1 aromatic heterocycles. The first-order chi connectivity index (χ1) is 11.9. The second kappa shape index (κ2) is 5.87. The van der Waals surface area contributed by atoms with Crippen molar-refractivity contribution in [3.05, 3.63) is 36.0 Å². The van der Waals surface area contributed by atoms with Crippen LogP contribution in [0.2, 0.25) is 0 Å². The van der Waals surface area contributed by atoms with Gasteiger partial charge in [-0.25, -0.2) is 0 Å². The summed E-state index contributed by atoms with van der Waals surface area (Å²) in [6.07, 6.45) is 0.541. The maximum Gasteiger partial charge on any atom is 0.418 e. The Morgan fingerprint density at radius 3 is 2.40 bits per heavy atom. The molecule has 1 spiro atoms. The van der Waals surface area contributed by atoms with Crippen LogP contribution in [0.1, 0.15) is 24.8 Å². The average molecular weight is 349 g/mol. The van der Waals surface area contributed by atoms with Crippen molar-refractivity contribution in [2.24, 2.45) is 5.41 Å². The highest BCUT2D eigenvalue weighted by Crippen LogP contribution is 2.42. The Balaban J connectivity index is 1.65. The summed E-state index contributed by atoms with van der Waals surface area (Å²) < 4.78 is 39.8. The van der Waals surface area contributed by atoms with Gasteiger partial charge in [0, 0.05) is 36.9 Å². The van der Waals surface area contributed by atoms with Crippen molar-refractivity contribution >= 4 is 16.6 Å². The van der Waals surface area contributed by atoms with Gasteiger partial charge in [-0.2, -0.15) is 13.2 Å². The number of benzene rings is 1. The van der Waals surface area contributed by atoms with Gasteiger partial charge >= 0.3 is 6.18 Å². The number of pyridine rings is 1. The minimum Gasteiger partial charge on any atom is -0.371 e. The molecule has 0 aliphatic carbocycles. The first-order valence-corrected chi connectivity index (χ1v) is 8.76. The Morgan fingerprint density at radius 2 is 1.76 bits per heavy atom. The molecule has 2 aromatic rings. The number of hydrogen-bond acceptors (Lipinski definition) is 3. The van der Waals surface area contributed by atoms with Gasteiger partial charge in [0.2, 0.25) is 0 Å². The van der Waals surface area contributed by atoms with Gasteiger partial charge in [-0.3, -0.25) is 4.98 Å². The van der Waals surface area contributed by atoms with E-state index in [4.69, 9.17) is 0 Å². The molecule has 2 aliphatic rings. The van der Waals surface area contributed by atoms with Crippen LogP contribution < -0.4 is 4.90 Å². The SMILES string of the molecule is CN1CCC2(CCN(c3ccnc4c(C(F)(F)F)cccc34)CC2)C1. The van der Waals surface area contributed by atoms with E-state index in [0.717, 1.165) is 50.8 Å². The smallest absolute Gasteiger partial charge is 0.371 e. The minimum atomic E-state index is -4.38. The number of alkyl halides is 3. The van der Waals surface area contributed by atoms with Crippen molar-refractivity contribution in [1.29, 1.82) is 0 Å². The van der Waals surface area contributed by atoms with Crippen molar-refractivity contribution in [3.63, 3.8) is 0 Å². The summed E-state index contributed by atoms with van der Waals surface area (Å²) in [7, 11) is 2.16. The highest BCUT2D eigenvalue weighted by atomic mass is 19.4. The van der Waals surface area contributed by atoms with Crippen LogP contribution >= 0.6 is 0 Å². The first kappa shape index (κ1) is 16.6. The molecule has 134 valence electrons. The van der Waals surface area contributed by atoms with Crippen molar-refractivity contribution in [1.82, 2.24) is 9.88 Å². The van der Waals surface area contributed by atoms with Crippen LogP contribution in [0, 0.1) is 5.41 Å². The summed E-state index contributed by atoms with van der Waals surface area (Å²) in [6, 6.07) is 6.19. The van der Waals surface area contributed by atoms with Crippen LogP contribution in [-0.2, 0) is 6.18 Å². The van der Waals surface area contributed by atoms with Crippen LogP contribution in [0.4, 0.5) is 18.9 Å². The fraction of sp³-hybridized carbons (Fsp3) is 0.526. The summed E-state index contributed by atoms with van der Waals surface area (Å²) in [5, 5.41) is 0.594. The molecule has 2 fully saturated rings. The van der Waals surface area contributed by atoms with Crippen molar-refractivity contribution in [2.45, 2.75) is 25.4 Å². The predicted molar refractivity (Wildman–Crippen MR) is 92.7 cm³/mol. The van der Waals surface area contributed by atoms with Gasteiger partial charge in [0.1, 0.15) is 0 Å². The average Bonchev–Trinajstić information content (AvgIpc) is 2.94. The van der Waals surface area contributed by atoms with Crippen LogP contribution in [-0.4, -0.2) is 43.1 Å². The van der Waals surface area contributed by atoms with Gasteiger partial charge in [-0.15, -0.1) is 0 Å². The lowest BCUT2D eigenvalue weighted by molar-refractivity contribution is -0.136. The Labute approximate surface area is 145 Å². The van der Waals surface area contributed by atoms with E-state index in [0.29, 0.717) is 10.8 Å². The highest BCUT2D eigenvalue weighted by Gasteiger charge is 2.40. The van der Waals surface area contributed by atoms with E-state index in [-0.39, 0.29) is 5.52 Å². The van der Waals surface area contributed by atoms with Crippen LogP contribution in [0.15, 0.2) is 30.5 Å². The number of nitrogens with zero attached hydrogens (tertiary/aromatic N) is 3. The number of rotatable bonds is 1. The third-order valence-electron chi connectivity index (χ3n) is 5.85. The number of fused-ring (bicyclic) bond motifs is 1. The second-order valence-electron chi connectivity index (χ2n) is 7.50. The summed E-state index contributed by atoms with van der Waals surface area (Å²) in [5.74, 6) is 0. The molecule has 0 unspecified atom stereocenters. The third-order valence-corrected chi connectivity index (χ3v) is 5.85. The number of para-hydroxylation sites is 1. The molecule has 0 atom stereocenters. The molecule has 2 aliphatic heterocycles. The highest BCUT2D eigenvalue weighted by molar-refractivity contribution is 5.93. The fourth-order valence-electron chi connectivity index (χ4n) is 4.45. The Hall–Kier alpha value is -1.82. The van der Waals surface area contributed by atoms with E-state index in [1.54, 1.807) is 6.07 Å². The molecule has 25 heavy (non-hydrogen) atoms. The van der Waals surface area contributed by atoms with E-state index in [1.165, 1.54) is 18.7 Å². The molecular formula is C19H22F3N3. The fourth-order valence-corrected chi connectivity index (χ4v) is 4.45. The zero-order valence-electron chi connectivity index (χ0n) is 14.3. The molecule has 0 N–H and O–H groups in total.